The van der Waals surface area contributed by atoms with E-state index < -0.39 is 6.61 Å². The lowest BCUT2D eigenvalue weighted by molar-refractivity contribution is -0.0514. The highest BCUT2D eigenvalue weighted by Crippen LogP contribution is 2.30. The molecule has 26 heavy (non-hydrogen) atoms. The fraction of sp³-hybridized carbons (Fsp3) is 0.235. The fourth-order valence-electron chi connectivity index (χ4n) is 2.27. The molecule has 0 bridgehead atoms. The van der Waals surface area contributed by atoms with Gasteiger partial charge in [0.15, 0.2) is 17.3 Å². The highest BCUT2D eigenvalue weighted by Gasteiger charge is 2.11. The zero-order chi connectivity index (χ0) is 18.4. The third-order valence-corrected chi connectivity index (χ3v) is 3.36. The minimum atomic E-state index is -2.90. The van der Waals surface area contributed by atoms with Crippen LogP contribution in [0.4, 0.5) is 14.6 Å². The number of alkyl halides is 2. The van der Waals surface area contributed by atoms with Crippen LogP contribution in [-0.4, -0.2) is 33.0 Å². The number of halogens is 2. The number of anilines is 1. The number of nitrogens with one attached hydrogen (secondary N) is 1. The molecule has 1 aromatic carbocycles. The van der Waals surface area contributed by atoms with Crippen molar-refractivity contribution in [1.29, 1.82) is 0 Å². The van der Waals surface area contributed by atoms with E-state index in [1.165, 1.54) is 6.07 Å². The SMILES string of the molecule is CCOc1cc(CNc2cncc(-n3cccn3)n2)ccc1OC(F)F. The predicted octanol–water partition coefficient (Wildman–Crippen LogP) is 3.27. The van der Waals surface area contributed by atoms with Gasteiger partial charge in [0.2, 0.25) is 0 Å². The van der Waals surface area contributed by atoms with Gasteiger partial charge >= 0.3 is 6.61 Å². The molecule has 0 aliphatic heterocycles. The summed E-state index contributed by atoms with van der Waals surface area (Å²) in [5, 5.41) is 7.24. The third kappa shape index (κ3) is 4.44. The molecule has 1 N–H and O–H groups in total. The predicted molar refractivity (Wildman–Crippen MR) is 90.7 cm³/mol. The second-order valence-electron chi connectivity index (χ2n) is 5.16. The Labute approximate surface area is 148 Å². The van der Waals surface area contributed by atoms with Crippen molar-refractivity contribution in [3.63, 3.8) is 0 Å². The number of ether oxygens (including phenoxy) is 2. The minimum Gasteiger partial charge on any atom is -0.490 e. The van der Waals surface area contributed by atoms with E-state index in [4.69, 9.17) is 4.74 Å². The Kier molecular flexibility index (Phi) is 5.57. The van der Waals surface area contributed by atoms with Gasteiger partial charge in [0, 0.05) is 18.9 Å². The van der Waals surface area contributed by atoms with Gasteiger partial charge in [-0.2, -0.15) is 13.9 Å². The maximum Gasteiger partial charge on any atom is 0.387 e. The Morgan fingerprint density at radius 1 is 1.23 bits per heavy atom. The van der Waals surface area contributed by atoms with E-state index in [9.17, 15) is 8.78 Å². The minimum absolute atomic E-state index is 0.00562. The maximum absolute atomic E-state index is 12.5. The fourth-order valence-corrected chi connectivity index (χ4v) is 2.27. The zero-order valence-corrected chi connectivity index (χ0v) is 14.0. The van der Waals surface area contributed by atoms with E-state index in [0.717, 1.165) is 5.56 Å². The van der Waals surface area contributed by atoms with Crippen LogP contribution in [0.15, 0.2) is 49.1 Å². The number of aromatic nitrogens is 4. The van der Waals surface area contributed by atoms with Crippen LogP contribution in [0.2, 0.25) is 0 Å². The number of nitrogens with zero attached hydrogens (tertiary/aromatic N) is 4. The molecule has 9 heteroatoms. The van der Waals surface area contributed by atoms with Crippen LogP contribution in [0.5, 0.6) is 11.5 Å². The van der Waals surface area contributed by atoms with Crippen LogP contribution in [0, 0.1) is 0 Å². The lowest BCUT2D eigenvalue weighted by Gasteiger charge is -2.13. The van der Waals surface area contributed by atoms with Crippen LogP contribution in [0.1, 0.15) is 12.5 Å². The second-order valence-corrected chi connectivity index (χ2v) is 5.16. The van der Waals surface area contributed by atoms with Crippen LogP contribution >= 0.6 is 0 Å². The van der Waals surface area contributed by atoms with Crippen LogP contribution in [0.3, 0.4) is 0 Å². The second kappa shape index (κ2) is 8.24. The molecule has 2 aromatic heterocycles. The van der Waals surface area contributed by atoms with E-state index >= 15 is 0 Å². The average molecular weight is 361 g/mol. The lowest BCUT2D eigenvalue weighted by Crippen LogP contribution is -2.07. The van der Waals surface area contributed by atoms with Gasteiger partial charge in [-0.1, -0.05) is 6.07 Å². The van der Waals surface area contributed by atoms with E-state index in [-0.39, 0.29) is 11.5 Å². The summed E-state index contributed by atoms with van der Waals surface area (Å²) in [5.41, 5.74) is 0.821. The summed E-state index contributed by atoms with van der Waals surface area (Å²) in [7, 11) is 0. The molecule has 3 rings (SSSR count). The summed E-state index contributed by atoms with van der Waals surface area (Å²) < 4.78 is 36.3. The van der Waals surface area contributed by atoms with Crippen LogP contribution in [0.25, 0.3) is 5.82 Å². The normalized spacial score (nSPS) is 10.8. The number of hydrogen-bond donors (Lipinski definition) is 1. The van der Waals surface area contributed by atoms with Gasteiger partial charge in [-0.25, -0.2) is 9.67 Å². The molecule has 0 fully saturated rings. The first-order chi connectivity index (χ1) is 12.7. The van der Waals surface area contributed by atoms with Gasteiger partial charge in [0.1, 0.15) is 5.82 Å². The van der Waals surface area contributed by atoms with E-state index in [0.29, 0.717) is 24.8 Å². The molecular weight excluding hydrogens is 344 g/mol. The van der Waals surface area contributed by atoms with Gasteiger partial charge in [0.25, 0.3) is 0 Å². The monoisotopic (exact) mass is 361 g/mol. The molecule has 0 aliphatic carbocycles. The molecule has 0 saturated carbocycles. The quantitative estimate of drug-likeness (QED) is 0.664. The van der Waals surface area contributed by atoms with E-state index in [1.807, 2.05) is 0 Å². The number of rotatable bonds is 8. The Morgan fingerprint density at radius 2 is 2.12 bits per heavy atom. The Hall–Kier alpha value is -3.23. The molecule has 2 heterocycles. The van der Waals surface area contributed by atoms with Gasteiger partial charge in [-0.3, -0.25) is 4.98 Å². The molecule has 0 aliphatic rings. The number of benzene rings is 1. The summed E-state index contributed by atoms with van der Waals surface area (Å²) in [6.07, 6.45) is 6.61. The zero-order valence-electron chi connectivity index (χ0n) is 14.0. The van der Waals surface area contributed by atoms with Gasteiger partial charge in [0.05, 0.1) is 19.0 Å². The molecule has 7 nitrogen and oxygen atoms in total. The molecule has 136 valence electrons. The largest absolute Gasteiger partial charge is 0.490 e. The van der Waals surface area contributed by atoms with E-state index in [2.05, 4.69) is 25.1 Å². The average Bonchev–Trinajstić information content (AvgIpc) is 3.17. The Balaban J connectivity index is 1.71. The first-order valence-electron chi connectivity index (χ1n) is 7.92. The Morgan fingerprint density at radius 3 is 2.85 bits per heavy atom. The van der Waals surface area contributed by atoms with Crippen molar-refractivity contribution in [2.24, 2.45) is 0 Å². The van der Waals surface area contributed by atoms with Crippen molar-refractivity contribution in [3.8, 4) is 17.3 Å². The molecule has 0 radical (unpaired) electrons. The smallest absolute Gasteiger partial charge is 0.387 e. The maximum atomic E-state index is 12.5. The lowest BCUT2D eigenvalue weighted by atomic mass is 10.2. The third-order valence-electron chi connectivity index (χ3n) is 3.36. The molecule has 0 amide bonds. The topological polar surface area (TPSA) is 74.1 Å². The van der Waals surface area contributed by atoms with Gasteiger partial charge in [-0.05, 0) is 30.7 Å². The molecule has 0 atom stereocenters. The first-order valence-corrected chi connectivity index (χ1v) is 7.92. The van der Waals surface area contributed by atoms with Crippen molar-refractivity contribution in [2.75, 3.05) is 11.9 Å². The summed E-state index contributed by atoms with van der Waals surface area (Å²) in [5.74, 6) is 1.41. The van der Waals surface area contributed by atoms with Crippen molar-refractivity contribution in [2.45, 2.75) is 20.1 Å². The highest BCUT2D eigenvalue weighted by molar-refractivity contribution is 5.44. The molecule has 0 spiro atoms. The Bertz CT molecular complexity index is 843. The summed E-state index contributed by atoms with van der Waals surface area (Å²) in [6, 6.07) is 6.58. The summed E-state index contributed by atoms with van der Waals surface area (Å²) in [4.78, 5) is 8.55. The first kappa shape index (κ1) is 17.6. The summed E-state index contributed by atoms with van der Waals surface area (Å²) >= 11 is 0. The van der Waals surface area contributed by atoms with Crippen molar-refractivity contribution < 1.29 is 18.3 Å². The van der Waals surface area contributed by atoms with Crippen LogP contribution < -0.4 is 14.8 Å². The molecule has 3 aromatic rings. The van der Waals surface area contributed by atoms with Crippen LogP contribution in [-0.2, 0) is 6.54 Å². The molecule has 0 unspecified atom stereocenters. The van der Waals surface area contributed by atoms with Gasteiger partial charge < -0.3 is 14.8 Å². The standard InChI is InChI=1S/C17H17F2N5O2/c1-2-25-14-8-12(4-5-13(14)26-17(18)19)9-21-15-10-20-11-16(23-15)24-7-3-6-22-24/h3-8,10-11,17H,2,9H2,1H3,(H,21,23). The van der Waals surface area contributed by atoms with Gasteiger partial charge in [-0.15, -0.1) is 0 Å². The number of hydrogen-bond acceptors (Lipinski definition) is 6. The van der Waals surface area contributed by atoms with Crippen molar-refractivity contribution in [3.05, 3.63) is 54.6 Å². The van der Waals surface area contributed by atoms with Crippen molar-refractivity contribution >= 4 is 5.82 Å². The highest BCUT2D eigenvalue weighted by atomic mass is 19.3. The van der Waals surface area contributed by atoms with E-state index in [1.54, 1.807) is 54.6 Å². The summed E-state index contributed by atoms with van der Waals surface area (Å²) in [6.45, 7) is -0.383. The molecule has 0 saturated heterocycles. The molecular formula is C17H17F2N5O2. The van der Waals surface area contributed by atoms with Crippen molar-refractivity contribution in [1.82, 2.24) is 19.7 Å².